The van der Waals surface area contributed by atoms with E-state index in [0.717, 1.165) is 31.0 Å². The zero-order chi connectivity index (χ0) is 12.0. The molecule has 1 saturated carbocycles. The molecule has 0 aromatic heterocycles. The van der Waals surface area contributed by atoms with Crippen molar-refractivity contribution in [3.8, 4) is 0 Å². The molecule has 0 amide bonds. The summed E-state index contributed by atoms with van der Waals surface area (Å²) in [5, 5.41) is 3.71. The summed E-state index contributed by atoms with van der Waals surface area (Å²) >= 11 is 0. The number of nitrogens with one attached hydrogen (secondary N) is 1. The number of nitrogens with zero attached hydrogens (tertiary/aromatic N) is 1. The minimum absolute atomic E-state index is 0.781. The van der Waals surface area contributed by atoms with Crippen molar-refractivity contribution in [2.24, 2.45) is 11.8 Å². The van der Waals surface area contributed by atoms with E-state index in [4.69, 9.17) is 0 Å². The van der Waals surface area contributed by atoms with Gasteiger partial charge in [0.2, 0.25) is 0 Å². The van der Waals surface area contributed by atoms with Crippen LogP contribution in [0.2, 0.25) is 0 Å². The molecule has 2 nitrogen and oxygen atoms in total. The highest BCUT2D eigenvalue weighted by atomic mass is 15.1. The van der Waals surface area contributed by atoms with Gasteiger partial charge in [0.05, 0.1) is 0 Å². The second-order valence-corrected chi connectivity index (χ2v) is 5.97. The van der Waals surface area contributed by atoms with Crippen LogP contribution in [0.4, 0.5) is 0 Å². The normalized spacial score (nSPS) is 27.4. The van der Waals surface area contributed by atoms with E-state index in [-0.39, 0.29) is 0 Å². The van der Waals surface area contributed by atoms with E-state index in [2.05, 4.69) is 38.2 Å². The Bertz CT molecular complexity index is 178. The summed E-state index contributed by atoms with van der Waals surface area (Å²) in [6.07, 6.45) is 7.07. The van der Waals surface area contributed by atoms with Crippen molar-refractivity contribution in [3.05, 3.63) is 0 Å². The van der Waals surface area contributed by atoms with Gasteiger partial charge in [-0.2, -0.15) is 0 Å². The van der Waals surface area contributed by atoms with E-state index in [1.165, 1.54) is 32.1 Å². The second-order valence-electron chi connectivity index (χ2n) is 5.97. The fourth-order valence-electron chi connectivity index (χ4n) is 2.69. The smallest absolute Gasteiger partial charge is 0.0101 e. The van der Waals surface area contributed by atoms with Crippen LogP contribution < -0.4 is 5.32 Å². The molecular formula is C14H30N2. The highest BCUT2D eigenvalue weighted by molar-refractivity contribution is 4.76. The van der Waals surface area contributed by atoms with Gasteiger partial charge < -0.3 is 10.2 Å². The molecule has 2 heteroatoms. The molecule has 0 aromatic rings. The first-order valence-corrected chi connectivity index (χ1v) is 6.97. The molecule has 0 bridgehead atoms. The van der Waals surface area contributed by atoms with Gasteiger partial charge in [-0.25, -0.2) is 0 Å². The van der Waals surface area contributed by atoms with Gasteiger partial charge in [-0.1, -0.05) is 26.7 Å². The Balaban J connectivity index is 2.20. The van der Waals surface area contributed by atoms with Crippen molar-refractivity contribution in [1.29, 1.82) is 0 Å². The molecular weight excluding hydrogens is 196 g/mol. The third-order valence-corrected chi connectivity index (χ3v) is 3.95. The fraction of sp³-hybridized carbons (Fsp3) is 1.00. The molecule has 1 fully saturated rings. The van der Waals surface area contributed by atoms with E-state index < -0.39 is 0 Å². The van der Waals surface area contributed by atoms with Crippen LogP contribution in [0.1, 0.15) is 46.0 Å². The molecule has 1 aliphatic carbocycles. The monoisotopic (exact) mass is 226 g/mol. The van der Waals surface area contributed by atoms with Gasteiger partial charge in [0.1, 0.15) is 0 Å². The molecule has 1 N–H and O–H groups in total. The Kier molecular flexibility index (Phi) is 6.37. The summed E-state index contributed by atoms with van der Waals surface area (Å²) in [6, 6.07) is 0.781. The predicted molar refractivity (Wildman–Crippen MR) is 71.8 cm³/mol. The first kappa shape index (κ1) is 14.0. The molecule has 16 heavy (non-hydrogen) atoms. The van der Waals surface area contributed by atoms with Crippen molar-refractivity contribution in [2.75, 3.05) is 27.2 Å². The third-order valence-electron chi connectivity index (χ3n) is 3.95. The zero-order valence-electron chi connectivity index (χ0n) is 11.6. The van der Waals surface area contributed by atoms with Crippen LogP contribution in [0.5, 0.6) is 0 Å². The topological polar surface area (TPSA) is 15.3 Å². The summed E-state index contributed by atoms with van der Waals surface area (Å²) in [5.41, 5.74) is 0. The van der Waals surface area contributed by atoms with Gasteiger partial charge >= 0.3 is 0 Å². The summed E-state index contributed by atoms with van der Waals surface area (Å²) in [4.78, 5) is 2.25. The Hall–Kier alpha value is -0.0800. The quantitative estimate of drug-likeness (QED) is 0.725. The second kappa shape index (κ2) is 7.29. The molecule has 0 saturated heterocycles. The van der Waals surface area contributed by atoms with Crippen LogP contribution in [-0.4, -0.2) is 38.1 Å². The van der Waals surface area contributed by atoms with Gasteiger partial charge in [-0.05, 0) is 45.2 Å². The summed E-state index contributed by atoms with van der Waals surface area (Å²) < 4.78 is 0. The predicted octanol–water partition coefficient (Wildman–Crippen LogP) is 2.74. The Morgan fingerprint density at radius 1 is 1.12 bits per heavy atom. The van der Waals surface area contributed by atoms with Crippen LogP contribution in [0.15, 0.2) is 0 Å². The Morgan fingerprint density at radius 2 is 1.88 bits per heavy atom. The molecule has 1 aliphatic rings. The van der Waals surface area contributed by atoms with Crippen molar-refractivity contribution in [1.82, 2.24) is 10.2 Å². The Labute approximate surface area is 102 Å². The minimum Gasteiger partial charge on any atom is -0.313 e. The van der Waals surface area contributed by atoms with Crippen LogP contribution >= 0.6 is 0 Å². The molecule has 2 unspecified atom stereocenters. The summed E-state index contributed by atoms with van der Waals surface area (Å²) in [5.74, 6) is 1.85. The number of rotatable bonds is 5. The van der Waals surface area contributed by atoms with E-state index in [1.54, 1.807) is 0 Å². The average molecular weight is 226 g/mol. The van der Waals surface area contributed by atoms with Crippen molar-refractivity contribution in [2.45, 2.75) is 52.0 Å². The number of likely N-dealkylation sites (N-methyl/N-ethyl adjacent to an activating group) is 1. The highest BCUT2D eigenvalue weighted by Crippen LogP contribution is 2.28. The van der Waals surface area contributed by atoms with Gasteiger partial charge in [-0.3, -0.25) is 0 Å². The van der Waals surface area contributed by atoms with E-state index in [9.17, 15) is 0 Å². The molecule has 0 spiro atoms. The molecule has 0 radical (unpaired) electrons. The summed E-state index contributed by atoms with van der Waals surface area (Å²) in [7, 11) is 4.28. The van der Waals surface area contributed by atoms with Gasteiger partial charge in [0, 0.05) is 19.1 Å². The Morgan fingerprint density at radius 3 is 2.50 bits per heavy atom. The first-order valence-electron chi connectivity index (χ1n) is 6.97. The average Bonchev–Trinajstić information content (AvgIpc) is 2.42. The zero-order valence-corrected chi connectivity index (χ0v) is 11.6. The van der Waals surface area contributed by atoms with Crippen LogP contribution in [0.3, 0.4) is 0 Å². The number of hydrogen-bond acceptors (Lipinski definition) is 2. The molecule has 0 aliphatic heterocycles. The molecule has 96 valence electrons. The molecule has 0 aromatic carbocycles. The number of hydrogen-bond donors (Lipinski definition) is 1. The maximum atomic E-state index is 3.71. The van der Waals surface area contributed by atoms with Gasteiger partial charge in [0.25, 0.3) is 0 Å². The SMILES string of the molecule is CC(C)C1CCCC(NCCN(C)C)CC1. The van der Waals surface area contributed by atoms with Crippen molar-refractivity contribution < 1.29 is 0 Å². The van der Waals surface area contributed by atoms with E-state index in [0.29, 0.717) is 0 Å². The van der Waals surface area contributed by atoms with Gasteiger partial charge in [-0.15, -0.1) is 0 Å². The lowest BCUT2D eigenvalue weighted by atomic mass is 9.89. The third kappa shape index (κ3) is 5.31. The lowest BCUT2D eigenvalue weighted by Gasteiger charge is -2.20. The lowest BCUT2D eigenvalue weighted by Crippen LogP contribution is -2.34. The molecule has 2 atom stereocenters. The highest BCUT2D eigenvalue weighted by Gasteiger charge is 2.20. The first-order chi connectivity index (χ1) is 7.59. The molecule has 0 heterocycles. The standard InChI is InChI=1S/C14H30N2/c1-12(2)13-6-5-7-14(9-8-13)15-10-11-16(3)4/h12-15H,5-11H2,1-4H3. The minimum atomic E-state index is 0.781. The van der Waals surface area contributed by atoms with Crippen LogP contribution in [0.25, 0.3) is 0 Å². The van der Waals surface area contributed by atoms with Crippen molar-refractivity contribution in [3.63, 3.8) is 0 Å². The fourth-order valence-corrected chi connectivity index (χ4v) is 2.69. The summed E-state index contributed by atoms with van der Waals surface area (Å²) in [6.45, 7) is 7.06. The molecule has 1 rings (SSSR count). The maximum absolute atomic E-state index is 3.71. The van der Waals surface area contributed by atoms with Crippen LogP contribution in [0, 0.1) is 11.8 Å². The van der Waals surface area contributed by atoms with Gasteiger partial charge in [0.15, 0.2) is 0 Å². The maximum Gasteiger partial charge on any atom is 0.0101 e. The van der Waals surface area contributed by atoms with Crippen LogP contribution in [-0.2, 0) is 0 Å². The van der Waals surface area contributed by atoms with E-state index >= 15 is 0 Å². The van der Waals surface area contributed by atoms with Crippen molar-refractivity contribution >= 4 is 0 Å². The van der Waals surface area contributed by atoms with E-state index in [1.807, 2.05) is 0 Å². The lowest BCUT2D eigenvalue weighted by molar-refractivity contribution is 0.334. The largest absolute Gasteiger partial charge is 0.313 e.